The van der Waals surface area contributed by atoms with Crippen LogP contribution in [0, 0.1) is 0 Å². The summed E-state index contributed by atoms with van der Waals surface area (Å²) in [5, 5.41) is 10.6. The van der Waals surface area contributed by atoms with Crippen LogP contribution in [-0.4, -0.2) is 23.5 Å². The Morgan fingerprint density at radius 1 is 1.24 bits per heavy atom. The number of rotatable bonds is 6. The summed E-state index contributed by atoms with van der Waals surface area (Å²) in [6.07, 6.45) is 1.06. The van der Waals surface area contributed by atoms with Crippen molar-refractivity contribution in [3.63, 3.8) is 0 Å². The lowest BCUT2D eigenvalue weighted by Gasteiger charge is -2.14. The highest BCUT2D eigenvalue weighted by Crippen LogP contribution is 2.36. The number of fused-ring (bicyclic) bond motifs is 1. The Morgan fingerprint density at radius 2 is 1.90 bits per heavy atom. The lowest BCUT2D eigenvalue weighted by Crippen LogP contribution is -2.12. The van der Waals surface area contributed by atoms with Gasteiger partial charge < -0.3 is 9.84 Å². The summed E-state index contributed by atoms with van der Waals surface area (Å²) < 4.78 is 5.36. The first-order valence-corrected chi connectivity index (χ1v) is 7.01. The van der Waals surface area contributed by atoms with Crippen molar-refractivity contribution in [2.24, 2.45) is 0 Å². The van der Waals surface area contributed by atoms with Gasteiger partial charge in [0.2, 0.25) is 0 Å². The number of Topliss-reactive ketones (excluding diaryl/α,β-unsaturated/α-hetero) is 1. The van der Waals surface area contributed by atoms with E-state index in [1.54, 1.807) is 24.3 Å². The Hall–Kier alpha value is -2.07. The molecule has 0 aliphatic carbocycles. The van der Waals surface area contributed by atoms with Crippen LogP contribution in [0.3, 0.4) is 0 Å². The molecule has 21 heavy (non-hydrogen) atoms. The number of carboxylic acids is 1. The molecule has 5 heteroatoms. The van der Waals surface area contributed by atoms with E-state index in [-0.39, 0.29) is 11.5 Å². The molecule has 0 saturated heterocycles. The molecule has 4 nitrogen and oxygen atoms in total. The summed E-state index contributed by atoms with van der Waals surface area (Å²) in [6, 6.07) is 8.74. The van der Waals surface area contributed by atoms with Crippen molar-refractivity contribution in [3.8, 4) is 5.75 Å². The monoisotopic (exact) mass is 306 g/mol. The molecule has 2 rings (SSSR count). The summed E-state index contributed by atoms with van der Waals surface area (Å²) in [5.74, 6) is -0.913. The van der Waals surface area contributed by atoms with E-state index in [1.165, 1.54) is 0 Å². The molecular formula is C16H15ClO4. The van der Waals surface area contributed by atoms with Gasteiger partial charge in [0.15, 0.2) is 12.4 Å². The zero-order chi connectivity index (χ0) is 15.4. The Morgan fingerprint density at radius 3 is 2.52 bits per heavy atom. The number of carbonyl (C=O) groups is 2. The van der Waals surface area contributed by atoms with Crippen LogP contribution in [0.15, 0.2) is 30.3 Å². The predicted octanol–water partition coefficient (Wildman–Crippen LogP) is 3.94. The molecule has 0 aromatic heterocycles. The van der Waals surface area contributed by atoms with Crippen molar-refractivity contribution in [2.75, 3.05) is 6.61 Å². The minimum absolute atomic E-state index is 0.106. The third kappa shape index (κ3) is 3.34. The maximum atomic E-state index is 12.2. The first-order valence-electron chi connectivity index (χ1n) is 6.63. The average molecular weight is 307 g/mol. The van der Waals surface area contributed by atoms with Crippen molar-refractivity contribution >= 4 is 34.1 Å². The van der Waals surface area contributed by atoms with Crippen LogP contribution < -0.4 is 4.74 Å². The van der Waals surface area contributed by atoms with Gasteiger partial charge in [0.1, 0.15) is 5.75 Å². The van der Waals surface area contributed by atoms with E-state index in [0.717, 1.165) is 5.39 Å². The summed E-state index contributed by atoms with van der Waals surface area (Å²) in [5.41, 5.74) is 0.335. The number of carbonyl (C=O) groups excluding carboxylic acids is 1. The Kier molecular flexibility index (Phi) is 4.81. The molecule has 0 saturated carbocycles. The number of aliphatic carboxylic acids is 1. The molecule has 0 amide bonds. The van der Waals surface area contributed by atoms with Crippen molar-refractivity contribution in [1.82, 2.24) is 0 Å². The van der Waals surface area contributed by atoms with E-state index < -0.39 is 12.6 Å². The lowest BCUT2D eigenvalue weighted by molar-refractivity contribution is -0.139. The maximum absolute atomic E-state index is 12.2. The lowest BCUT2D eigenvalue weighted by atomic mass is 10.0. The van der Waals surface area contributed by atoms with E-state index in [4.69, 9.17) is 21.4 Å². The third-order valence-electron chi connectivity index (χ3n) is 3.06. The highest BCUT2D eigenvalue weighted by molar-refractivity contribution is 6.36. The molecule has 0 radical (unpaired) electrons. The average Bonchev–Trinajstić information content (AvgIpc) is 2.46. The van der Waals surface area contributed by atoms with Gasteiger partial charge in [-0.1, -0.05) is 42.8 Å². The first kappa shape index (κ1) is 15.3. The van der Waals surface area contributed by atoms with Gasteiger partial charge in [0.25, 0.3) is 0 Å². The van der Waals surface area contributed by atoms with Crippen LogP contribution >= 0.6 is 11.6 Å². The largest absolute Gasteiger partial charge is 0.480 e. The minimum Gasteiger partial charge on any atom is -0.480 e. The maximum Gasteiger partial charge on any atom is 0.341 e. The van der Waals surface area contributed by atoms with Gasteiger partial charge >= 0.3 is 5.97 Å². The number of hydrogen-bond acceptors (Lipinski definition) is 3. The topological polar surface area (TPSA) is 63.6 Å². The molecule has 2 aromatic rings. The SMILES string of the molecule is CCCC(=O)c1cc(Cl)c2ccccc2c1OCC(=O)O. The van der Waals surface area contributed by atoms with Gasteiger partial charge in [-0.25, -0.2) is 4.79 Å². The van der Waals surface area contributed by atoms with Gasteiger partial charge in [0.05, 0.1) is 5.56 Å². The Bertz CT molecular complexity index is 694. The van der Waals surface area contributed by atoms with E-state index in [9.17, 15) is 9.59 Å². The number of halogens is 1. The quantitative estimate of drug-likeness (QED) is 0.821. The normalized spacial score (nSPS) is 10.6. The van der Waals surface area contributed by atoms with Gasteiger partial charge in [-0.05, 0) is 12.5 Å². The number of hydrogen-bond donors (Lipinski definition) is 1. The van der Waals surface area contributed by atoms with E-state index in [2.05, 4.69) is 0 Å². The summed E-state index contributed by atoms with van der Waals surface area (Å²) in [6.45, 7) is 1.40. The fourth-order valence-electron chi connectivity index (χ4n) is 2.16. The highest BCUT2D eigenvalue weighted by atomic mass is 35.5. The Balaban J connectivity index is 2.62. The van der Waals surface area contributed by atoms with Crippen molar-refractivity contribution in [2.45, 2.75) is 19.8 Å². The van der Waals surface area contributed by atoms with Crippen molar-refractivity contribution in [3.05, 3.63) is 40.9 Å². The van der Waals surface area contributed by atoms with Gasteiger partial charge in [0, 0.05) is 22.2 Å². The molecule has 0 aliphatic rings. The molecule has 0 bridgehead atoms. The molecular weight excluding hydrogens is 292 g/mol. The van der Waals surface area contributed by atoms with Crippen molar-refractivity contribution in [1.29, 1.82) is 0 Å². The van der Waals surface area contributed by atoms with Crippen LogP contribution in [0.2, 0.25) is 5.02 Å². The third-order valence-corrected chi connectivity index (χ3v) is 3.37. The summed E-state index contributed by atoms with van der Waals surface area (Å²) in [4.78, 5) is 23.0. The molecule has 0 fully saturated rings. The molecule has 0 atom stereocenters. The smallest absolute Gasteiger partial charge is 0.341 e. The zero-order valence-electron chi connectivity index (χ0n) is 11.6. The zero-order valence-corrected chi connectivity index (χ0v) is 12.3. The molecule has 0 aliphatic heterocycles. The van der Waals surface area contributed by atoms with Gasteiger partial charge in [-0.3, -0.25) is 4.79 Å². The molecule has 2 aromatic carbocycles. The summed E-state index contributed by atoms with van der Waals surface area (Å²) in [7, 11) is 0. The van der Waals surface area contributed by atoms with Crippen LogP contribution in [0.25, 0.3) is 10.8 Å². The van der Waals surface area contributed by atoms with E-state index >= 15 is 0 Å². The second kappa shape index (κ2) is 6.59. The van der Waals surface area contributed by atoms with Crippen LogP contribution in [0.1, 0.15) is 30.1 Å². The second-order valence-electron chi connectivity index (χ2n) is 4.64. The van der Waals surface area contributed by atoms with Gasteiger partial charge in [-0.15, -0.1) is 0 Å². The van der Waals surface area contributed by atoms with Gasteiger partial charge in [-0.2, -0.15) is 0 Å². The number of benzene rings is 2. The van der Waals surface area contributed by atoms with E-state index in [1.807, 2.05) is 13.0 Å². The van der Waals surface area contributed by atoms with E-state index in [0.29, 0.717) is 28.8 Å². The fraction of sp³-hybridized carbons (Fsp3) is 0.250. The summed E-state index contributed by atoms with van der Waals surface area (Å²) >= 11 is 6.22. The van der Waals surface area contributed by atoms with Crippen molar-refractivity contribution < 1.29 is 19.4 Å². The second-order valence-corrected chi connectivity index (χ2v) is 5.04. The molecule has 1 N–H and O–H groups in total. The first-order chi connectivity index (χ1) is 10.0. The van der Waals surface area contributed by atoms with Crippen LogP contribution in [0.4, 0.5) is 0 Å². The number of ketones is 1. The minimum atomic E-state index is -1.09. The fourth-order valence-corrected chi connectivity index (χ4v) is 2.44. The van der Waals surface area contributed by atoms with Crippen LogP contribution in [0.5, 0.6) is 5.75 Å². The van der Waals surface area contributed by atoms with Crippen LogP contribution in [-0.2, 0) is 4.79 Å². The number of carboxylic acid groups (broad SMARTS) is 1. The molecule has 110 valence electrons. The molecule has 0 heterocycles. The highest BCUT2D eigenvalue weighted by Gasteiger charge is 2.18. The predicted molar refractivity (Wildman–Crippen MR) is 81.3 cm³/mol. The standard InChI is InChI=1S/C16H15ClO4/c1-2-5-14(18)12-8-13(17)10-6-3-4-7-11(10)16(12)21-9-15(19)20/h3-4,6-8H,2,5,9H2,1H3,(H,19,20). The number of ether oxygens (including phenoxy) is 1. The molecule has 0 unspecified atom stereocenters. The Labute approximate surface area is 127 Å². The molecule has 0 spiro atoms.